The monoisotopic (exact) mass is 424 g/mol. The van der Waals surface area contributed by atoms with E-state index in [1.165, 1.54) is 10.4 Å². The Morgan fingerprint density at radius 3 is 2.77 bits per heavy atom. The van der Waals surface area contributed by atoms with Crippen LogP contribution in [-0.4, -0.2) is 46.2 Å². The van der Waals surface area contributed by atoms with Crippen LogP contribution in [0.3, 0.4) is 0 Å². The number of H-pyrrole nitrogens is 1. The molecule has 3 aromatic rings. The summed E-state index contributed by atoms with van der Waals surface area (Å²) in [5, 5.41) is 11.0. The largest absolute Gasteiger partial charge is 0.506 e. The van der Waals surface area contributed by atoms with Gasteiger partial charge in [-0.25, -0.2) is 4.98 Å². The Bertz CT molecular complexity index is 1130. The number of nitrogens with one attached hydrogen (secondary N) is 1. The number of para-hydroxylation sites is 2. The standard InChI is InChI=1S/C23H28N4O2S/c1-14-7-8-16-19(13-14)30-23-20(16)22(29)24-21(25-23)15(2)26-9-11-27(12-10-26)17-5-3-4-6-18(17)28/h3-6,14-15,28H,7-13H2,1-2H3,(H,24,25,29)/t14-,15+/m0/s1. The zero-order chi connectivity index (χ0) is 20.8. The molecule has 30 heavy (non-hydrogen) atoms. The zero-order valence-electron chi connectivity index (χ0n) is 17.5. The number of phenolic OH excluding ortho intramolecular Hbond substituents is 1. The molecule has 6 nitrogen and oxygen atoms in total. The molecule has 2 N–H and O–H groups in total. The fourth-order valence-electron chi connectivity index (χ4n) is 4.82. The molecule has 3 heterocycles. The topological polar surface area (TPSA) is 72.5 Å². The van der Waals surface area contributed by atoms with Crippen LogP contribution in [-0.2, 0) is 12.8 Å². The molecule has 1 fully saturated rings. The van der Waals surface area contributed by atoms with Crippen LogP contribution in [0.1, 0.15) is 42.6 Å². The van der Waals surface area contributed by atoms with Gasteiger partial charge in [0, 0.05) is 31.1 Å². The van der Waals surface area contributed by atoms with E-state index in [1.807, 2.05) is 18.2 Å². The first-order chi connectivity index (χ1) is 14.5. The van der Waals surface area contributed by atoms with Crippen molar-refractivity contribution >= 4 is 27.2 Å². The van der Waals surface area contributed by atoms with Gasteiger partial charge in [0.05, 0.1) is 17.1 Å². The Morgan fingerprint density at radius 2 is 2.00 bits per heavy atom. The van der Waals surface area contributed by atoms with Crippen LogP contribution in [0.5, 0.6) is 5.75 Å². The highest BCUT2D eigenvalue weighted by Crippen LogP contribution is 2.36. The van der Waals surface area contributed by atoms with Crippen molar-refractivity contribution in [3.63, 3.8) is 0 Å². The SMILES string of the molecule is C[C@H]1CCc2c(sc3nc([C@@H](C)N4CCN(c5ccccc5O)CC4)[nH]c(=O)c23)C1. The number of aromatic nitrogens is 2. The molecule has 2 atom stereocenters. The number of rotatable bonds is 3. The van der Waals surface area contributed by atoms with E-state index in [-0.39, 0.29) is 11.6 Å². The van der Waals surface area contributed by atoms with Crippen molar-refractivity contribution < 1.29 is 5.11 Å². The first-order valence-electron chi connectivity index (χ1n) is 10.8. The van der Waals surface area contributed by atoms with Crippen molar-refractivity contribution in [2.24, 2.45) is 5.92 Å². The number of thiophene rings is 1. The Hall–Kier alpha value is -2.38. The number of phenols is 1. The van der Waals surface area contributed by atoms with E-state index in [4.69, 9.17) is 4.98 Å². The van der Waals surface area contributed by atoms with E-state index in [2.05, 4.69) is 28.6 Å². The van der Waals surface area contributed by atoms with Crippen LogP contribution in [0.4, 0.5) is 5.69 Å². The highest BCUT2D eigenvalue weighted by atomic mass is 32.1. The maximum Gasteiger partial charge on any atom is 0.259 e. The summed E-state index contributed by atoms with van der Waals surface area (Å²) in [5.74, 6) is 1.77. The molecule has 0 saturated carbocycles. The molecule has 2 aliphatic rings. The Kier molecular flexibility index (Phi) is 5.03. The molecule has 1 aromatic carbocycles. The summed E-state index contributed by atoms with van der Waals surface area (Å²) in [6, 6.07) is 7.54. The molecule has 5 rings (SSSR count). The maximum atomic E-state index is 12.9. The number of aromatic hydroxyl groups is 1. The number of piperazine rings is 1. The predicted molar refractivity (Wildman–Crippen MR) is 122 cm³/mol. The molecule has 0 bridgehead atoms. The smallest absolute Gasteiger partial charge is 0.259 e. The van der Waals surface area contributed by atoms with E-state index >= 15 is 0 Å². The second-order valence-corrected chi connectivity index (χ2v) is 9.75. The maximum absolute atomic E-state index is 12.9. The number of hydrogen-bond donors (Lipinski definition) is 2. The van der Waals surface area contributed by atoms with Crippen LogP contribution in [0.25, 0.3) is 10.2 Å². The highest BCUT2D eigenvalue weighted by Gasteiger charge is 2.27. The minimum Gasteiger partial charge on any atom is -0.506 e. The summed E-state index contributed by atoms with van der Waals surface area (Å²) < 4.78 is 0. The summed E-state index contributed by atoms with van der Waals surface area (Å²) in [5.41, 5.74) is 2.13. The lowest BCUT2D eigenvalue weighted by atomic mass is 9.89. The summed E-state index contributed by atoms with van der Waals surface area (Å²) >= 11 is 1.71. The number of aryl methyl sites for hydroxylation is 1. The lowest BCUT2D eigenvalue weighted by molar-refractivity contribution is 0.191. The van der Waals surface area contributed by atoms with E-state index < -0.39 is 0 Å². The van der Waals surface area contributed by atoms with E-state index in [0.717, 1.165) is 67.2 Å². The molecule has 0 amide bonds. The number of fused-ring (bicyclic) bond motifs is 3. The Morgan fingerprint density at radius 1 is 1.23 bits per heavy atom. The third-order valence-corrected chi connectivity index (χ3v) is 7.81. The van der Waals surface area contributed by atoms with Crippen LogP contribution in [0.2, 0.25) is 0 Å². The molecular weight excluding hydrogens is 396 g/mol. The molecule has 7 heteroatoms. The van der Waals surface area contributed by atoms with Gasteiger partial charge in [-0.15, -0.1) is 11.3 Å². The minimum atomic E-state index is 0.0155. The van der Waals surface area contributed by atoms with E-state index in [0.29, 0.717) is 11.7 Å². The average molecular weight is 425 g/mol. The summed E-state index contributed by atoms with van der Waals surface area (Å²) in [6.07, 6.45) is 3.21. The fourth-order valence-corrected chi connectivity index (χ4v) is 6.21. The van der Waals surface area contributed by atoms with Crippen molar-refractivity contribution in [3.05, 3.63) is 50.9 Å². The lowest BCUT2D eigenvalue weighted by Gasteiger charge is -2.38. The van der Waals surface area contributed by atoms with Crippen molar-refractivity contribution in [1.82, 2.24) is 14.9 Å². The summed E-state index contributed by atoms with van der Waals surface area (Å²) in [4.78, 5) is 27.7. The molecule has 1 saturated heterocycles. The minimum absolute atomic E-state index is 0.0155. The zero-order valence-corrected chi connectivity index (χ0v) is 18.3. The summed E-state index contributed by atoms with van der Waals surface area (Å²) in [6.45, 7) is 7.78. The average Bonchev–Trinajstić information content (AvgIpc) is 3.11. The molecule has 0 spiro atoms. The van der Waals surface area contributed by atoms with Gasteiger partial charge in [-0.05, 0) is 49.8 Å². The second kappa shape index (κ2) is 7.71. The van der Waals surface area contributed by atoms with Gasteiger partial charge in [-0.2, -0.15) is 0 Å². The van der Waals surface area contributed by atoms with Crippen LogP contribution in [0.15, 0.2) is 29.1 Å². The highest BCUT2D eigenvalue weighted by molar-refractivity contribution is 7.18. The summed E-state index contributed by atoms with van der Waals surface area (Å²) in [7, 11) is 0. The molecule has 158 valence electrons. The molecule has 0 unspecified atom stereocenters. The first kappa shape index (κ1) is 19.6. The number of nitrogens with zero attached hydrogens (tertiary/aromatic N) is 3. The lowest BCUT2D eigenvalue weighted by Crippen LogP contribution is -2.47. The third-order valence-electron chi connectivity index (χ3n) is 6.66. The van der Waals surface area contributed by atoms with Crippen LogP contribution in [0, 0.1) is 5.92 Å². The first-order valence-corrected chi connectivity index (χ1v) is 11.6. The van der Waals surface area contributed by atoms with Crippen molar-refractivity contribution in [3.8, 4) is 5.75 Å². The van der Waals surface area contributed by atoms with Gasteiger partial charge in [0.1, 0.15) is 16.4 Å². The van der Waals surface area contributed by atoms with Gasteiger partial charge >= 0.3 is 0 Å². The normalized spacial score (nSPS) is 21.0. The number of benzene rings is 1. The van der Waals surface area contributed by atoms with Gasteiger partial charge in [0.25, 0.3) is 5.56 Å². The van der Waals surface area contributed by atoms with Crippen molar-refractivity contribution in [2.75, 3.05) is 31.1 Å². The third kappa shape index (κ3) is 3.40. The van der Waals surface area contributed by atoms with Gasteiger partial charge in [-0.1, -0.05) is 19.1 Å². The number of aromatic amines is 1. The number of anilines is 1. The molecule has 1 aliphatic carbocycles. The molecule has 2 aromatic heterocycles. The van der Waals surface area contributed by atoms with Gasteiger partial charge in [0.15, 0.2) is 0 Å². The Labute approximate surface area is 180 Å². The second-order valence-electron chi connectivity index (χ2n) is 8.67. The molecule has 1 aliphatic heterocycles. The van der Waals surface area contributed by atoms with Crippen LogP contribution >= 0.6 is 11.3 Å². The van der Waals surface area contributed by atoms with Gasteiger partial charge in [0.2, 0.25) is 0 Å². The fraction of sp³-hybridized carbons (Fsp3) is 0.478. The number of hydrogen-bond acceptors (Lipinski definition) is 6. The molecule has 0 radical (unpaired) electrons. The van der Waals surface area contributed by atoms with Crippen LogP contribution < -0.4 is 10.5 Å². The molecular formula is C23H28N4O2S. The van der Waals surface area contributed by atoms with Gasteiger partial charge in [-0.3, -0.25) is 9.69 Å². The predicted octanol–water partition coefficient (Wildman–Crippen LogP) is 3.70. The van der Waals surface area contributed by atoms with Crippen molar-refractivity contribution in [2.45, 2.75) is 39.2 Å². The van der Waals surface area contributed by atoms with E-state index in [9.17, 15) is 9.90 Å². The quantitative estimate of drug-likeness (QED) is 0.671. The van der Waals surface area contributed by atoms with Gasteiger partial charge < -0.3 is 15.0 Å². The van der Waals surface area contributed by atoms with Crippen molar-refractivity contribution in [1.29, 1.82) is 0 Å². The van der Waals surface area contributed by atoms with E-state index in [1.54, 1.807) is 17.4 Å². The Balaban J connectivity index is 1.36.